The fourth-order valence-corrected chi connectivity index (χ4v) is 1.96. The van der Waals surface area contributed by atoms with Crippen LogP contribution in [-0.2, 0) is 0 Å². The monoisotopic (exact) mass is 309 g/mol. The summed E-state index contributed by atoms with van der Waals surface area (Å²) in [5, 5.41) is 10.3. The Kier molecular flexibility index (Phi) is 4.01. The van der Waals surface area contributed by atoms with E-state index in [0.29, 0.717) is 17.0 Å². The molecule has 0 aliphatic heterocycles. The van der Waals surface area contributed by atoms with Gasteiger partial charge in [0.15, 0.2) is 0 Å². The first-order valence-electron chi connectivity index (χ1n) is 6.96. The Labute approximate surface area is 133 Å². The molecule has 0 radical (unpaired) electrons. The van der Waals surface area contributed by atoms with Gasteiger partial charge >= 0.3 is 6.01 Å². The summed E-state index contributed by atoms with van der Waals surface area (Å²) in [4.78, 5) is 18.1. The number of benzene rings is 1. The van der Waals surface area contributed by atoms with Gasteiger partial charge in [-0.25, -0.2) is 0 Å². The second-order valence-corrected chi connectivity index (χ2v) is 5.05. The molecule has 1 aromatic carbocycles. The Hall–Kier alpha value is -3.22. The van der Waals surface area contributed by atoms with Crippen molar-refractivity contribution in [3.8, 4) is 11.5 Å². The first kappa shape index (κ1) is 14.7. The second kappa shape index (κ2) is 6.27. The number of nitrogens with zero attached hydrogens (tertiary/aromatic N) is 4. The van der Waals surface area contributed by atoms with Crippen LogP contribution in [0.1, 0.15) is 10.4 Å². The summed E-state index contributed by atoms with van der Waals surface area (Å²) in [6.45, 7) is 0. The molecule has 0 spiro atoms. The molecule has 0 aliphatic rings. The standard InChI is InChI=1S/C16H15N5O2/c1-21(2)13-7-5-11(6-8-13)14(22)18-16-20-19-15(23-16)12-4-3-9-17-10-12/h3-10H,1-2H3,(H,18,20,22). The molecule has 0 atom stereocenters. The van der Waals surface area contributed by atoms with Crippen LogP contribution in [0.5, 0.6) is 0 Å². The summed E-state index contributed by atoms with van der Waals surface area (Å²) >= 11 is 0. The molecule has 0 unspecified atom stereocenters. The van der Waals surface area contributed by atoms with Gasteiger partial charge < -0.3 is 9.32 Å². The van der Waals surface area contributed by atoms with Gasteiger partial charge in [0.1, 0.15) is 0 Å². The zero-order valence-electron chi connectivity index (χ0n) is 12.7. The lowest BCUT2D eigenvalue weighted by Crippen LogP contribution is -2.13. The predicted molar refractivity (Wildman–Crippen MR) is 86.3 cm³/mol. The maximum absolute atomic E-state index is 12.2. The van der Waals surface area contributed by atoms with Crippen LogP contribution in [0, 0.1) is 0 Å². The predicted octanol–water partition coefficient (Wildman–Crippen LogP) is 2.45. The molecule has 0 saturated heterocycles. The van der Waals surface area contributed by atoms with Crippen molar-refractivity contribution in [1.29, 1.82) is 0 Å². The third kappa shape index (κ3) is 3.34. The first-order valence-corrected chi connectivity index (χ1v) is 6.96. The lowest BCUT2D eigenvalue weighted by Gasteiger charge is -2.12. The van der Waals surface area contributed by atoms with E-state index in [-0.39, 0.29) is 11.9 Å². The molecule has 7 heteroatoms. The molecule has 2 aromatic heterocycles. The van der Waals surface area contributed by atoms with Crippen molar-refractivity contribution in [2.24, 2.45) is 0 Å². The molecule has 23 heavy (non-hydrogen) atoms. The summed E-state index contributed by atoms with van der Waals surface area (Å²) in [6.07, 6.45) is 3.26. The minimum Gasteiger partial charge on any atom is -0.403 e. The smallest absolute Gasteiger partial charge is 0.322 e. The topological polar surface area (TPSA) is 84.2 Å². The van der Waals surface area contributed by atoms with Gasteiger partial charge in [-0.15, -0.1) is 5.10 Å². The number of hydrogen-bond donors (Lipinski definition) is 1. The van der Waals surface area contributed by atoms with Crippen LogP contribution in [0.25, 0.3) is 11.5 Å². The molecule has 0 saturated carbocycles. The average Bonchev–Trinajstić information content (AvgIpc) is 3.04. The molecule has 116 valence electrons. The quantitative estimate of drug-likeness (QED) is 0.797. The van der Waals surface area contributed by atoms with Crippen LogP contribution in [0.3, 0.4) is 0 Å². The SMILES string of the molecule is CN(C)c1ccc(C(=O)Nc2nnc(-c3cccnc3)o2)cc1. The van der Waals surface area contributed by atoms with E-state index < -0.39 is 0 Å². The number of aromatic nitrogens is 3. The number of rotatable bonds is 4. The van der Waals surface area contributed by atoms with Gasteiger partial charge in [0, 0.05) is 37.7 Å². The van der Waals surface area contributed by atoms with E-state index in [9.17, 15) is 4.79 Å². The van der Waals surface area contributed by atoms with Crippen LogP contribution in [0.2, 0.25) is 0 Å². The number of nitrogens with one attached hydrogen (secondary N) is 1. The second-order valence-electron chi connectivity index (χ2n) is 5.05. The molecule has 3 rings (SSSR count). The van der Waals surface area contributed by atoms with E-state index in [0.717, 1.165) is 5.69 Å². The van der Waals surface area contributed by atoms with Crippen LogP contribution in [0.15, 0.2) is 53.2 Å². The van der Waals surface area contributed by atoms with Crippen molar-refractivity contribution in [2.45, 2.75) is 0 Å². The van der Waals surface area contributed by atoms with Gasteiger partial charge in [-0.2, -0.15) is 0 Å². The number of anilines is 2. The van der Waals surface area contributed by atoms with Gasteiger partial charge in [0.05, 0.1) is 5.56 Å². The highest BCUT2D eigenvalue weighted by Crippen LogP contribution is 2.19. The van der Waals surface area contributed by atoms with Gasteiger partial charge in [-0.1, -0.05) is 5.10 Å². The Morgan fingerprint density at radius 3 is 2.57 bits per heavy atom. The van der Waals surface area contributed by atoms with Crippen molar-refractivity contribution in [2.75, 3.05) is 24.3 Å². The summed E-state index contributed by atoms with van der Waals surface area (Å²) in [5.74, 6) is -0.00644. The average molecular weight is 309 g/mol. The third-order valence-corrected chi connectivity index (χ3v) is 3.20. The van der Waals surface area contributed by atoms with E-state index >= 15 is 0 Å². The van der Waals surface area contributed by atoms with Crippen LogP contribution >= 0.6 is 0 Å². The summed E-state index contributed by atoms with van der Waals surface area (Å²) < 4.78 is 5.42. The molecule has 2 heterocycles. The summed E-state index contributed by atoms with van der Waals surface area (Å²) in [5.41, 5.74) is 2.21. The molecule has 7 nitrogen and oxygen atoms in total. The Morgan fingerprint density at radius 2 is 1.91 bits per heavy atom. The first-order chi connectivity index (χ1) is 11.1. The van der Waals surface area contributed by atoms with Crippen molar-refractivity contribution >= 4 is 17.6 Å². The zero-order chi connectivity index (χ0) is 16.2. The maximum atomic E-state index is 12.2. The molecule has 0 bridgehead atoms. The van der Waals surface area contributed by atoms with E-state index in [1.54, 1.807) is 36.7 Å². The number of amides is 1. The Morgan fingerprint density at radius 1 is 1.13 bits per heavy atom. The summed E-state index contributed by atoms with van der Waals surface area (Å²) in [7, 11) is 3.88. The van der Waals surface area contributed by atoms with Gasteiger partial charge in [0.2, 0.25) is 0 Å². The molecule has 3 aromatic rings. The van der Waals surface area contributed by atoms with E-state index in [1.165, 1.54) is 0 Å². The molecular formula is C16H15N5O2. The largest absolute Gasteiger partial charge is 0.403 e. The van der Waals surface area contributed by atoms with E-state index in [2.05, 4.69) is 20.5 Å². The molecule has 0 aliphatic carbocycles. The number of carbonyl (C=O) groups is 1. The Bertz CT molecular complexity index is 797. The number of pyridine rings is 1. The van der Waals surface area contributed by atoms with Crippen molar-refractivity contribution < 1.29 is 9.21 Å². The number of carbonyl (C=O) groups excluding carboxylic acids is 1. The molecular weight excluding hydrogens is 294 g/mol. The van der Waals surface area contributed by atoms with Crippen molar-refractivity contribution in [3.63, 3.8) is 0 Å². The normalized spacial score (nSPS) is 10.3. The van der Waals surface area contributed by atoms with Gasteiger partial charge in [0.25, 0.3) is 11.8 Å². The fraction of sp³-hybridized carbons (Fsp3) is 0.125. The summed E-state index contributed by atoms with van der Waals surface area (Å²) in [6, 6.07) is 10.8. The van der Waals surface area contributed by atoms with Gasteiger partial charge in [-0.3, -0.25) is 15.1 Å². The maximum Gasteiger partial charge on any atom is 0.322 e. The highest BCUT2D eigenvalue weighted by molar-refractivity contribution is 6.03. The van der Waals surface area contributed by atoms with Crippen molar-refractivity contribution in [1.82, 2.24) is 15.2 Å². The van der Waals surface area contributed by atoms with E-state index in [1.807, 2.05) is 31.1 Å². The highest BCUT2D eigenvalue weighted by Gasteiger charge is 2.13. The fourth-order valence-electron chi connectivity index (χ4n) is 1.96. The van der Waals surface area contributed by atoms with Crippen LogP contribution < -0.4 is 10.2 Å². The lowest BCUT2D eigenvalue weighted by atomic mass is 10.2. The minimum absolute atomic E-state index is 0.0468. The third-order valence-electron chi connectivity index (χ3n) is 3.20. The lowest BCUT2D eigenvalue weighted by molar-refractivity contribution is 0.102. The molecule has 1 amide bonds. The Balaban J connectivity index is 1.72. The highest BCUT2D eigenvalue weighted by atomic mass is 16.4. The van der Waals surface area contributed by atoms with Gasteiger partial charge in [-0.05, 0) is 36.4 Å². The van der Waals surface area contributed by atoms with E-state index in [4.69, 9.17) is 4.42 Å². The minimum atomic E-state index is -0.309. The molecule has 0 fully saturated rings. The zero-order valence-corrected chi connectivity index (χ0v) is 12.7. The number of hydrogen-bond acceptors (Lipinski definition) is 6. The van der Waals surface area contributed by atoms with Crippen LogP contribution in [0.4, 0.5) is 11.7 Å². The molecule has 1 N–H and O–H groups in total. The van der Waals surface area contributed by atoms with Crippen LogP contribution in [-0.4, -0.2) is 35.2 Å². The van der Waals surface area contributed by atoms with Crippen molar-refractivity contribution in [3.05, 3.63) is 54.4 Å².